The normalized spacial score (nSPS) is 11.9. The van der Waals surface area contributed by atoms with E-state index in [0.29, 0.717) is 10.0 Å². The highest BCUT2D eigenvalue weighted by Gasteiger charge is 2.02. The van der Waals surface area contributed by atoms with Gasteiger partial charge in [-0.3, -0.25) is 0 Å². The number of hydrogen-bond donors (Lipinski definition) is 0. The second-order valence-electron chi connectivity index (χ2n) is 5.36. The molecule has 3 rings (SSSR count). The summed E-state index contributed by atoms with van der Waals surface area (Å²) in [5.74, 6) is -0.247. The van der Waals surface area contributed by atoms with Crippen molar-refractivity contribution in [3.63, 3.8) is 0 Å². The lowest BCUT2D eigenvalue weighted by Crippen LogP contribution is -1.95. The molecule has 0 bridgehead atoms. The Labute approximate surface area is 166 Å². The second-order valence-corrected chi connectivity index (χ2v) is 7.21. The molecule has 0 aliphatic heterocycles. The minimum absolute atomic E-state index is 0.247. The summed E-state index contributed by atoms with van der Waals surface area (Å²) in [5.41, 5.74) is 2.47. The molecule has 3 aromatic rings. The van der Waals surface area contributed by atoms with Gasteiger partial charge in [-0.15, -0.1) is 0 Å². The van der Waals surface area contributed by atoms with Crippen molar-refractivity contribution in [3.8, 4) is 0 Å². The van der Waals surface area contributed by atoms with Crippen LogP contribution in [-0.4, -0.2) is 5.71 Å². The zero-order valence-electron chi connectivity index (χ0n) is 13.6. The smallest absolute Gasteiger partial charge is 0.123 e. The molecule has 0 aliphatic carbocycles. The second kappa shape index (κ2) is 9.04. The van der Waals surface area contributed by atoms with Crippen LogP contribution in [0.2, 0.25) is 10.0 Å². The molecule has 5 heteroatoms. The fraction of sp³-hybridized carbons (Fsp3) is 0. The molecule has 0 amide bonds. The number of benzene rings is 3. The van der Waals surface area contributed by atoms with E-state index in [4.69, 9.17) is 28.2 Å². The van der Waals surface area contributed by atoms with Gasteiger partial charge in [0, 0.05) is 20.5 Å². The third-order valence-corrected chi connectivity index (χ3v) is 4.74. The summed E-state index contributed by atoms with van der Waals surface area (Å²) in [5, 5.41) is 3.22. The summed E-state index contributed by atoms with van der Waals surface area (Å²) >= 11 is 13.5. The fourth-order valence-electron chi connectivity index (χ4n) is 2.19. The molecule has 0 aromatic heterocycles. The molecule has 0 spiro atoms. The molecule has 3 aromatic carbocycles. The third-order valence-electron chi connectivity index (χ3n) is 3.44. The predicted octanol–water partition coefficient (Wildman–Crippen LogP) is 7.56. The van der Waals surface area contributed by atoms with Crippen LogP contribution >= 0.6 is 35.0 Å². The summed E-state index contributed by atoms with van der Waals surface area (Å²) in [4.78, 5) is 5.64. The van der Waals surface area contributed by atoms with E-state index in [0.717, 1.165) is 21.9 Å². The fourth-order valence-corrected chi connectivity index (χ4v) is 3.15. The SMILES string of the molecule is Fc1ccc(SC=CC(=Nc2cccc(Cl)c2)c2ccc(Cl)cc2)cc1. The van der Waals surface area contributed by atoms with Crippen LogP contribution in [0.1, 0.15) is 5.56 Å². The van der Waals surface area contributed by atoms with E-state index in [2.05, 4.69) is 0 Å². The van der Waals surface area contributed by atoms with Crippen molar-refractivity contribution >= 4 is 46.4 Å². The summed E-state index contributed by atoms with van der Waals surface area (Å²) in [6.45, 7) is 0. The summed E-state index contributed by atoms with van der Waals surface area (Å²) in [6, 6.07) is 21.2. The number of thioether (sulfide) groups is 1. The highest BCUT2D eigenvalue weighted by molar-refractivity contribution is 8.02. The average molecular weight is 402 g/mol. The van der Waals surface area contributed by atoms with E-state index in [9.17, 15) is 4.39 Å². The van der Waals surface area contributed by atoms with Crippen LogP contribution in [0.4, 0.5) is 10.1 Å². The Kier molecular flexibility index (Phi) is 6.51. The van der Waals surface area contributed by atoms with Crippen molar-refractivity contribution in [3.05, 3.63) is 106 Å². The lowest BCUT2D eigenvalue weighted by atomic mass is 10.1. The highest BCUT2D eigenvalue weighted by atomic mass is 35.5. The van der Waals surface area contributed by atoms with E-state index in [1.807, 2.05) is 53.9 Å². The molecule has 0 heterocycles. The van der Waals surface area contributed by atoms with Crippen LogP contribution in [0.3, 0.4) is 0 Å². The van der Waals surface area contributed by atoms with Gasteiger partial charge in [0.2, 0.25) is 0 Å². The van der Waals surface area contributed by atoms with Crippen molar-refractivity contribution in [1.82, 2.24) is 0 Å². The monoisotopic (exact) mass is 401 g/mol. The number of halogens is 3. The molecule has 1 nitrogen and oxygen atoms in total. The molecule has 0 saturated carbocycles. The zero-order chi connectivity index (χ0) is 18.4. The minimum atomic E-state index is -0.247. The Hall–Kier alpha value is -2.07. The van der Waals surface area contributed by atoms with Crippen LogP contribution < -0.4 is 0 Å². The molecular weight excluding hydrogens is 388 g/mol. The topological polar surface area (TPSA) is 12.4 Å². The molecule has 0 atom stereocenters. The molecule has 0 saturated heterocycles. The van der Waals surface area contributed by atoms with Crippen molar-refractivity contribution < 1.29 is 4.39 Å². The number of nitrogens with zero attached hydrogens (tertiary/aromatic N) is 1. The Morgan fingerprint density at radius 3 is 2.31 bits per heavy atom. The van der Waals surface area contributed by atoms with E-state index < -0.39 is 0 Å². The van der Waals surface area contributed by atoms with E-state index in [1.165, 1.54) is 23.9 Å². The van der Waals surface area contributed by atoms with Crippen LogP contribution in [0.5, 0.6) is 0 Å². The number of aliphatic imine (C=N–C) groups is 1. The number of allylic oxidation sites excluding steroid dienone is 1. The quantitative estimate of drug-likeness (QED) is 0.317. The van der Waals surface area contributed by atoms with E-state index in [-0.39, 0.29) is 5.82 Å². The molecule has 130 valence electrons. The maximum Gasteiger partial charge on any atom is 0.123 e. The lowest BCUT2D eigenvalue weighted by Gasteiger charge is -2.04. The molecule has 0 unspecified atom stereocenters. The Balaban J connectivity index is 1.88. The highest BCUT2D eigenvalue weighted by Crippen LogP contribution is 2.23. The van der Waals surface area contributed by atoms with Crippen molar-refractivity contribution in [2.75, 3.05) is 0 Å². The van der Waals surface area contributed by atoms with Gasteiger partial charge < -0.3 is 0 Å². The molecule has 26 heavy (non-hydrogen) atoms. The number of rotatable bonds is 5. The number of hydrogen-bond acceptors (Lipinski definition) is 2. The molecule has 0 fully saturated rings. The summed E-state index contributed by atoms with van der Waals surface area (Å²) < 4.78 is 13.0. The largest absolute Gasteiger partial charge is 0.248 e. The molecule has 0 radical (unpaired) electrons. The van der Waals surface area contributed by atoms with Crippen molar-refractivity contribution in [1.29, 1.82) is 0 Å². The van der Waals surface area contributed by atoms with Crippen LogP contribution in [-0.2, 0) is 0 Å². The van der Waals surface area contributed by atoms with Crippen molar-refractivity contribution in [2.45, 2.75) is 4.90 Å². The van der Waals surface area contributed by atoms with Crippen LogP contribution in [0, 0.1) is 5.82 Å². The molecule has 0 N–H and O–H groups in total. The lowest BCUT2D eigenvalue weighted by molar-refractivity contribution is 0.626. The maximum atomic E-state index is 13.0. The first-order valence-corrected chi connectivity index (χ1v) is 9.43. The van der Waals surface area contributed by atoms with Gasteiger partial charge in [0.25, 0.3) is 0 Å². The van der Waals surface area contributed by atoms with Crippen molar-refractivity contribution in [2.24, 2.45) is 4.99 Å². The first-order chi connectivity index (χ1) is 12.6. The summed E-state index contributed by atoms with van der Waals surface area (Å²) in [7, 11) is 0. The van der Waals surface area contributed by atoms with Gasteiger partial charge in [-0.2, -0.15) is 0 Å². The standard InChI is InChI=1S/C21H14Cl2FNS/c22-16-6-4-15(5-7-16)21(25-19-3-1-2-17(23)14-19)12-13-26-20-10-8-18(24)9-11-20/h1-14H. The maximum absolute atomic E-state index is 13.0. The predicted molar refractivity (Wildman–Crippen MR) is 110 cm³/mol. The molecule has 0 aliphatic rings. The van der Waals surface area contributed by atoms with Gasteiger partial charge >= 0.3 is 0 Å². The third kappa shape index (κ3) is 5.46. The Bertz CT molecular complexity index is 935. The Morgan fingerprint density at radius 1 is 0.885 bits per heavy atom. The summed E-state index contributed by atoms with van der Waals surface area (Å²) in [6.07, 6.45) is 1.91. The minimum Gasteiger partial charge on any atom is -0.248 e. The average Bonchev–Trinajstić information content (AvgIpc) is 2.63. The first kappa shape index (κ1) is 18.7. The zero-order valence-corrected chi connectivity index (χ0v) is 15.9. The van der Waals surface area contributed by atoms with E-state index >= 15 is 0 Å². The van der Waals surface area contributed by atoms with Crippen LogP contribution in [0.25, 0.3) is 0 Å². The van der Waals surface area contributed by atoms with Gasteiger partial charge in [-0.05, 0) is 66.1 Å². The Morgan fingerprint density at radius 2 is 1.62 bits per heavy atom. The van der Waals surface area contributed by atoms with Gasteiger partial charge in [0.1, 0.15) is 5.82 Å². The van der Waals surface area contributed by atoms with Gasteiger partial charge in [-0.1, -0.05) is 53.2 Å². The first-order valence-electron chi connectivity index (χ1n) is 7.79. The molecular formula is C21H14Cl2FNS. The van der Waals surface area contributed by atoms with Crippen LogP contribution in [0.15, 0.2) is 94.2 Å². The van der Waals surface area contributed by atoms with Gasteiger partial charge in [0.05, 0.1) is 11.4 Å². The van der Waals surface area contributed by atoms with Gasteiger partial charge in [-0.25, -0.2) is 9.38 Å². The van der Waals surface area contributed by atoms with Gasteiger partial charge in [0.15, 0.2) is 0 Å². The van der Waals surface area contributed by atoms with E-state index in [1.54, 1.807) is 18.2 Å².